The Bertz CT molecular complexity index is 940. The average molecular weight is 389 g/mol. The summed E-state index contributed by atoms with van der Waals surface area (Å²) in [5.41, 5.74) is 1.39. The van der Waals surface area contributed by atoms with Crippen molar-refractivity contribution in [2.45, 2.75) is 23.1 Å². The highest BCUT2D eigenvalue weighted by atomic mass is 35.5. The highest BCUT2D eigenvalue weighted by Crippen LogP contribution is 2.20. The first-order valence-corrected chi connectivity index (χ1v) is 10.4. The number of sulfonamides is 2. The molecule has 0 aliphatic heterocycles. The molecule has 6 nitrogen and oxygen atoms in total. The summed E-state index contributed by atoms with van der Waals surface area (Å²) in [7, 11) is -7.40. The van der Waals surface area contributed by atoms with Crippen molar-refractivity contribution in [3.05, 3.63) is 58.6 Å². The SMILES string of the molecule is Cc1ccc(Cl)cc1S(=O)(=O)NCCc1ccc(S(N)(=O)=O)cc1. The van der Waals surface area contributed by atoms with Gasteiger partial charge in [0.1, 0.15) is 0 Å². The van der Waals surface area contributed by atoms with E-state index in [1.54, 1.807) is 31.2 Å². The second-order valence-corrected chi connectivity index (χ2v) is 8.98. The van der Waals surface area contributed by atoms with Crippen LogP contribution in [0.15, 0.2) is 52.3 Å². The summed E-state index contributed by atoms with van der Waals surface area (Å²) < 4.78 is 49.5. The lowest BCUT2D eigenvalue weighted by Crippen LogP contribution is -2.26. The van der Waals surface area contributed by atoms with Gasteiger partial charge in [0.05, 0.1) is 9.79 Å². The molecular formula is C15H17ClN2O4S2. The van der Waals surface area contributed by atoms with E-state index >= 15 is 0 Å². The minimum absolute atomic E-state index is 0.0152. The molecule has 2 aromatic carbocycles. The van der Waals surface area contributed by atoms with Crippen LogP contribution < -0.4 is 9.86 Å². The Morgan fingerprint density at radius 1 is 1.04 bits per heavy atom. The summed E-state index contributed by atoms with van der Waals surface area (Å²) in [6, 6.07) is 10.6. The molecule has 2 aromatic rings. The van der Waals surface area contributed by atoms with Gasteiger partial charge in [0, 0.05) is 11.6 Å². The van der Waals surface area contributed by atoms with Gasteiger partial charge in [0.2, 0.25) is 20.0 Å². The summed E-state index contributed by atoms with van der Waals surface area (Å²) in [5, 5.41) is 5.37. The molecule has 130 valence electrons. The van der Waals surface area contributed by atoms with E-state index in [1.807, 2.05) is 0 Å². The van der Waals surface area contributed by atoms with E-state index in [1.165, 1.54) is 18.2 Å². The number of halogens is 1. The molecule has 0 saturated carbocycles. The number of hydrogen-bond acceptors (Lipinski definition) is 4. The zero-order valence-electron chi connectivity index (χ0n) is 12.9. The molecule has 0 bridgehead atoms. The third kappa shape index (κ3) is 4.78. The normalized spacial score (nSPS) is 12.3. The van der Waals surface area contributed by atoms with Crippen LogP contribution in [0.25, 0.3) is 0 Å². The summed E-state index contributed by atoms with van der Waals surface area (Å²) >= 11 is 5.85. The number of benzene rings is 2. The third-order valence-electron chi connectivity index (χ3n) is 3.40. The van der Waals surface area contributed by atoms with Crippen LogP contribution in [0.3, 0.4) is 0 Å². The molecule has 3 N–H and O–H groups in total. The van der Waals surface area contributed by atoms with Crippen molar-refractivity contribution in [1.29, 1.82) is 0 Å². The maximum Gasteiger partial charge on any atom is 0.240 e. The first-order valence-electron chi connectivity index (χ1n) is 6.97. The standard InChI is InChI=1S/C15H17ClN2O4S2/c1-11-2-5-13(16)10-15(11)24(21,22)18-9-8-12-3-6-14(7-4-12)23(17,19)20/h2-7,10,18H,8-9H2,1H3,(H2,17,19,20). The van der Waals surface area contributed by atoms with E-state index in [9.17, 15) is 16.8 Å². The Hall–Kier alpha value is -1.45. The van der Waals surface area contributed by atoms with E-state index in [2.05, 4.69) is 4.72 Å². The van der Waals surface area contributed by atoms with Gasteiger partial charge in [-0.1, -0.05) is 29.8 Å². The largest absolute Gasteiger partial charge is 0.240 e. The maximum atomic E-state index is 12.3. The Labute approximate surface area is 146 Å². The predicted molar refractivity (Wildman–Crippen MR) is 92.9 cm³/mol. The molecule has 0 saturated heterocycles. The second kappa shape index (κ2) is 7.20. The van der Waals surface area contributed by atoms with Crippen LogP contribution in [0.5, 0.6) is 0 Å². The fraction of sp³-hybridized carbons (Fsp3) is 0.200. The monoisotopic (exact) mass is 388 g/mol. The molecule has 0 radical (unpaired) electrons. The number of aryl methyl sites for hydroxylation is 1. The molecule has 0 aromatic heterocycles. The molecule has 0 atom stereocenters. The van der Waals surface area contributed by atoms with Crippen LogP contribution in [0.4, 0.5) is 0 Å². The van der Waals surface area contributed by atoms with Gasteiger partial charge in [0.15, 0.2) is 0 Å². The smallest absolute Gasteiger partial charge is 0.225 e. The van der Waals surface area contributed by atoms with Crippen molar-refractivity contribution in [3.63, 3.8) is 0 Å². The van der Waals surface area contributed by atoms with Gasteiger partial charge in [-0.15, -0.1) is 0 Å². The lowest BCUT2D eigenvalue weighted by atomic mass is 10.2. The minimum atomic E-state index is -3.73. The molecule has 2 rings (SSSR count). The lowest BCUT2D eigenvalue weighted by Gasteiger charge is -2.10. The predicted octanol–water partition coefficient (Wildman–Crippen LogP) is 1.82. The van der Waals surface area contributed by atoms with Crippen LogP contribution in [0.1, 0.15) is 11.1 Å². The van der Waals surface area contributed by atoms with Crippen molar-refractivity contribution in [2.24, 2.45) is 5.14 Å². The fourth-order valence-electron chi connectivity index (χ4n) is 2.12. The van der Waals surface area contributed by atoms with Crippen LogP contribution in [-0.2, 0) is 26.5 Å². The fourth-order valence-corrected chi connectivity index (χ4v) is 4.17. The van der Waals surface area contributed by atoms with E-state index in [0.29, 0.717) is 17.0 Å². The Kier molecular flexibility index (Phi) is 5.67. The van der Waals surface area contributed by atoms with Crippen molar-refractivity contribution < 1.29 is 16.8 Å². The number of nitrogens with two attached hydrogens (primary N) is 1. The van der Waals surface area contributed by atoms with E-state index in [4.69, 9.17) is 16.7 Å². The number of rotatable bonds is 6. The molecule has 0 aliphatic rings. The van der Waals surface area contributed by atoms with Gasteiger partial charge in [-0.05, 0) is 48.7 Å². The molecule has 0 spiro atoms. The minimum Gasteiger partial charge on any atom is -0.225 e. The number of hydrogen-bond donors (Lipinski definition) is 2. The lowest BCUT2D eigenvalue weighted by molar-refractivity contribution is 0.581. The Morgan fingerprint density at radius 2 is 1.67 bits per heavy atom. The highest BCUT2D eigenvalue weighted by Gasteiger charge is 2.16. The maximum absolute atomic E-state index is 12.3. The van der Waals surface area contributed by atoms with E-state index in [-0.39, 0.29) is 16.3 Å². The summed E-state index contributed by atoms with van der Waals surface area (Å²) in [6.45, 7) is 1.86. The van der Waals surface area contributed by atoms with Gasteiger partial charge >= 0.3 is 0 Å². The molecule has 24 heavy (non-hydrogen) atoms. The summed E-state index contributed by atoms with van der Waals surface area (Å²) in [6.07, 6.45) is 0.406. The summed E-state index contributed by atoms with van der Waals surface area (Å²) in [5.74, 6) is 0. The zero-order chi connectivity index (χ0) is 18.0. The highest BCUT2D eigenvalue weighted by molar-refractivity contribution is 7.89. The molecular weight excluding hydrogens is 372 g/mol. The van der Waals surface area contributed by atoms with Crippen LogP contribution in [0.2, 0.25) is 5.02 Å². The van der Waals surface area contributed by atoms with Crippen molar-refractivity contribution in [2.75, 3.05) is 6.54 Å². The van der Waals surface area contributed by atoms with Gasteiger partial charge in [-0.2, -0.15) is 0 Å². The van der Waals surface area contributed by atoms with Gasteiger partial charge in [-0.3, -0.25) is 0 Å². The summed E-state index contributed by atoms with van der Waals surface area (Å²) in [4.78, 5) is 0.154. The van der Waals surface area contributed by atoms with E-state index < -0.39 is 20.0 Å². The molecule has 0 unspecified atom stereocenters. The molecule has 0 heterocycles. The van der Waals surface area contributed by atoms with Crippen LogP contribution in [0, 0.1) is 6.92 Å². The number of nitrogens with one attached hydrogen (secondary N) is 1. The van der Waals surface area contributed by atoms with Crippen molar-refractivity contribution in [3.8, 4) is 0 Å². The molecule has 0 aliphatic carbocycles. The van der Waals surface area contributed by atoms with Crippen LogP contribution in [-0.4, -0.2) is 23.4 Å². The van der Waals surface area contributed by atoms with Crippen molar-refractivity contribution >= 4 is 31.6 Å². The molecule has 9 heteroatoms. The quantitative estimate of drug-likeness (QED) is 0.786. The van der Waals surface area contributed by atoms with E-state index in [0.717, 1.165) is 5.56 Å². The first-order chi connectivity index (χ1) is 11.1. The molecule has 0 fully saturated rings. The zero-order valence-corrected chi connectivity index (χ0v) is 15.2. The average Bonchev–Trinajstić information content (AvgIpc) is 2.49. The Balaban J connectivity index is 2.04. The van der Waals surface area contributed by atoms with Gasteiger partial charge < -0.3 is 0 Å². The first kappa shape index (κ1) is 18.9. The van der Waals surface area contributed by atoms with Gasteiger partial charge in [0.25, 0.3) is 0 Å². The number of primary sulfonamides is 1. The Morgan fingerprint density at radius 3 is 2.25 bits per heavy atom. The molecule has 0 amide bonds. The van der Waals surface area contributed by atoms with Crippen molar-refractivity contribution in [1.82, 2.24) is 4.72 Å². The topological polar surface area (TPSA) is 106 Å². The van der Waals surface area contributed by atoms with Crippen LogP contribution >= 0.6 is 11.6 Å². The van der Waals surface area contributed by atoms with Gasteiger partial charge in [-0.25, -0.2) is 26.7 Å². The third-order valence-corrected chi connectivity index (χ3v) is 6.16. The second-order valence-electron chi connectivity index (χ2n) is 5.25.